The second-order valence-corrected chi connectivity index (χ2v) is 6.36. The van der Waals surface area contributed by atoms with E-state index >= 15 is 0 Å². The van der Waals surface area contributed by atoms with Gasteiger partial charge >= 0.3 is 0 Å². The Morgan fingerprint density at radius 1 is 1.08 bits per heavy atom. The van der Waals surface area contributed by atoms with Gasteiger partial charge in [0.2, 0.25) is 0 Å². The van der Waals surface area contributed by atoms with E-state index in [0.29, 0.717) is 31.6 Å². The zero-order valence-electron chi connectivity index (χ0n) is 13.6. The summed E-state index contributed by atoms with van der Waals surface area (Å²) < 4.78 is 0. The highest BCUT2D eigenvalue weighted by Crippen LogP contribution is 2.38. The highest BCUT2D eigenvalue weighted by Gasteiger charge is 2.47. The van der Waals surface area contributed by atoms with Gasteiger partial charge in [-0.25, -0.2) is 0 Å². The second-order valence-electron chi connectivity index (χ2n) is 6.36. The van der Waals surface area contributed by atoms with Crippen LogP contribution >= 0.6 is 0 Å². The van der Waals surface area contributed by atoms with Gasteiger partial charge in [-0.3, -0.25) is 4.79 Å². The summed E-state index contributed by atoms with van der Waals surface area (Å²) in [6.45, 7) is 1.78. The molecule has 0 radical (unpaired) electrons. The zero-order valence-corrected chi connectivity index (χ0v) is 13.6. The molecule has 1 fully saturated rings. The maximum Gasteiger partial charge on any atom is 0.195 e. The SMILES string of the molecule is O=C(c1ccccc1)C1(O)CCN(CCO)CC1c1ccccc1. The van der Waals surface area contributed by atoms with Crippen molar-refractivity contribution in [3.63, 3.8) is 0 Å². The van der Waals surface area contributed by atoms with Gasteiger partial charge in [0.05, 0.1) is 6.61 Å². The fraction of sp³-hybridized carbons (Fsp3) is 0.350. The highest BCUT2D eigenvalue weighted by atomic mass is 16.3. The van der Waals surface area contributed by atoms with E-state index in [1.165, 1.54) is 0 Å². The minimum Gasteiger partial charge on any atom is -0.395 e. The number of piperidine rings is 1. The minimum atomic E-state index is -1.42. The summed E-state index contributed by atoms with van der Waals surface area (Å²) in [7, 11) is 0. The van der Waals surface area contributed by atoms with Crippen molar-refractivity contribution in [3.05, 3.63) is 71.8 Å². The number of nitrogens with zero attached hydrogens (tertiary/aromatic N) is 1. The Morgan fingerprint density at radius 3 is 2.33 bits per heavy atom. The van der Waals surface area contributed by atoms with Gasteiger partial charge in [-0.15, -0.1) is 0 Å². The fourth-order valence-electron chi connectivity index (χ4n) is 3.53. The molecule has 1 saturated heterocycles. The quantitative estimate of drug-likeness (QED) is 0.827. The number of benzene rings is 2. The van der Waals surface area contributed by atoms with E-state index < -0.39 is 5.60 Å². The summed E-state index contributed by atoms with van der Waals surface area (Å²) >= 11 is 0. The van der Waals surface area contributed by atoms with E-state index in [9.17, 15) is 15.0 Å². The van der Waals surface area contributed by atoms with Gasteiger partial charge in [0.15, 0.2) is 5.78 Å². The molecule has 2 aromatic carbocycles. The molecule has 24 heavy (non-hydrogen) atoms. The Bertz CT molecular complexity index is 674. The number of aliphatic hydroxyl groups excluding tert-OH is 1. The first kappa shape index (κ1) is 16.8. The second kappa shape index (κ2) is 7.26. The number of rotatable bonds is 5. The number of β-amino-alcohol motifs (C(OH)–C–C–N with tert-alkyl or cyclic N) is 1. The van der Waals surface area contributed by atoms with E-state index in [4.69, 9.17) is 0 Å². The lowest BCUT2D eigenvalue weighted by molar-refractivity contribution is -0.0244. The number of carbonyl (C=O) groups excluding carboxylic acids is 1. The van der Waals surface area contributed by atoms with Crippen LogP contribution in [0.15, 0.2) is 60.7 Å². The molecule has 2 aromatic rings. The molecule has 126 valence electrons. The van der Waals surface area contributed by atoms with Crippen molar-refractivity contribution in [2.45, 2.75) is 17.9 Å². The molecule has 4 heteroatoms. The van der Waals surface area contributed by atoms with Crippen LogP contribution in [0.3, 0.4) is 0 Å². The van der Waals surface area contributed by atoms with Gasteiger partial charge in [-0.1, -0.05) is 60.7 Å². The topological polar surface area (TPSA) is 60.8 Å². The third kappa shape index (κ3) is 3.26. The molecule has 1 heterocycles. The van der Waals surface area contributed by atoms with E-state index in [1.807, 2.05) is 48.5 Å². The molecule has 0 saturated carbocycles. The summed E-state index contributed by atoms with van der Waals surface area (Å²) in [4.78, 5) is 15.2. The van der Waals surface area contributed by atoms with Crippen LogP contribution in [0.2, 0.25) is 0 Å². The van der Waals surface area contributed by atoms with Crippen LogP contribution in [0.1, 0.15) is 28.3 Å². The molecular weight excluding hydrogens is 302 g/mol. The molecule has 0 spiro atoms. The number of ketones is 1. The molecule has 0 aliphatic carbocycles. The Hall–Kier alpha value is -2.01. The third-order valence-corrected chi connectivity index (χ3v) is 4.87. The van der Waals surface area contributed by atoms with E-state index in [1.54, 1.807) is 12.1 Å². The first-order valence-electron chi connectivity index (χ1n) is 8.35. The van der Waals surface area contributed by atoms with Crippen molar-refractivity contribution < 1.29 is 15.0 Å². The van der Waals surface area contributed by atoms with Crippen LogP contribution in [0.25, 0.3) is 0 Å². The molecule has 0 bridgehead atoms. The van der Waals surface area contributed by atoms with E-state index in [0.717, 1.165) is 5.56 Å². The molecule has 0 aromatic heterocycles. The largest absolute Gasteiger partial charge is 0.395 e. The van der Waals surface area contributed by atoms with Crippen molar-refractivity contribution in [2.24, 2.45) is 0 Å². The molecule has 4 nitrogen and oxygen atoms in total. The number of aliphatic hydroxyl groups is 2. The van der Waals surface area contributed by atoms with Crippen molar-refractivity contribution in [1.29, 1.82) is 0 Å². The molecule has 2 N–H and O–H groups in total. The minimum absolute atomic E-state index is 0.0760. The van der Waals surface area contributed by atoms with Crippen molar-refractivity contribution in [1.82, 2.24) is 4.90 Å². The Kier molecular flexibility index (Phi) is 5.09. The standard InChI is InChI=1S/C20H23NO3/c22-14-13-21-12-11-20(24,19(23)17-9-5-2-6-10-17)18(15-21)16-7-3-1-4-8-16/h1-10,18,22,24H,11-15H2. The summed E-state index contributed by atoms with van der Waals surface area (Å²) in [5, 5.41) is 20.6. The summed E-state index contributed by atoms with van der Waals surface area (Å²) in [6.07, 6.45) is 0.361. The molecule has 1 aliphatic rings. The maximum atomic E-state index is 13.1. The number of Topliss-reactive ketones (excluding diaryl/α,β-unsaturated/α-hetero) is 1. The molecule has 2 unspecified atom stereocenters. The van der Waals surface area contributed by atoms with Gasteiger partial charge in [0.25, 0.3) is 0 Å². The normalized spacial score (nSPS) is 24.7. The van der Waals surface area contributed by atoms with Gasteiger partial charge in [0, 0.05) is 31.1 Å². The lowest BCUT2D eigenvalue weighted by Gasteiger charge is -2.43. The maximum absolute atomic E-state index is 13.1. The zero-order chi connectivity index (χ0) is 17.0. The van der Waals surface area contributed by atoms with Gasteiger partial charge in [-0.05, 0) is 12.0 Å². The van der Waals surface area contributed by atoms with Crippen LogP contribution in [-0.4, -0.2) is 52.7 Å². The summed E-state index contributed by atoms with van der Waals surface area (Å²) in [5.74, 6) is -0.535. The number of hydrogen-bond donors (Lipinski definition) is 2. The lowest BCUT2D eigenvalue weighted by atomic mass is 9.72. The fourth-order valence-corrected chi connectivity index (χ4v) is 3.53. The van der Waals surface area contributed by atoms with Gasteiger partial charge in [0.1, 0.15) is 5.60 Å². The average molecular weight is 325 g/mol. The predicted octanol–water partition coefficient (Wildman–Crippen LogP) is 2.08. The Morgan fingerprint density at radius 2 is 1.71 bits per heavy atom. The highest BCUT2D eigenvalue weighted by molar-refractivity contribution is 6.03. The van der Waals surface area contributed by atoms with Crippen LogP contribution in [0, 0.1) is 0 Å². The van der Waals surface area contributed by atoms with Crippen LogP contribution in [0.5, 0.6) is 0 Å². The summed E-state index contributed by atoms with van der Waals surface area (Å²) in [5.41, 5.74) is 0.0674. The number of likely N-dealkylation sites (tertiary alicyclic amines) is 1. The van der Waals surface area contributed by atoms with Crippen molar-refractivity contribution >= 4 is 5.78 Å². The first-order chi connectivity index (χ1) is 11.6. The van der Waals surface area contributed by atoms with Crippen LogP contribution in [0.4, 0.5) is 0 Å². The Labute approximate surface area is 142 Å². The first-order valence-corrected chi connectivity index (χ1v) is 8.35. The lowest BCUT2D eigenvalue weighted by Crippen LogP contribution is -2.55. The molecule has 3 rings (SSSR count). The van der Waals surface area contributed by atoms with Crippen molar-refractivity contribution in [3.8, 4) is 0 Å². The Balaban J connectivity index is 1.95. The number of carbonyl (C=O) groups is 1. The van der Waals surface area contributed by atoms with Crippen LogP contribution < -0.4 is 0 Å². The van der Waals surface area contributed by atoms with Gasteiger partial charge < -0.3 is 15.1 Å². The molecule has 0 amide bonds. The third-order valence-electron chi connectivity index (χ3n) is 4.87. The smallest absolute Gasteiger partial charge is 0.195 e. The monoisotopic (exact) mass is 325 g/mol. The van der Waals surface area contributed by atoms with Crippen molar-refractivity contribution in [2.75, 3.05) is 26.2 Å². The summed E-state index contributed by atoms with van der Waals surface area (Å²) in [6, 6.07) is 18.7. The van der Waals surface area contributed by atoms with E-state index in [2.05, 4.69) is 4.90 Å². The predicted molar refractivity (Wildman–Crippen MR) is 93.0 cm³/mol. The number of hydrogen-bond acceptors (Lipinski definition) is 4. The molecule has 1 aliphatic heterocycles. The molecule has 2 atom stereocenters. The van der Waals surface area contributed by atoms with Crippen LogP contribution in [-0.2, 0) is 0 Å². The molecular formula is C20H23NO3. The van der Waals surface area contributed by atoms with Gasteiger partial charge in [-0.2, -0.15) is 0 Å². The van der Waals surface area contributed by atoms with E-state index in [-0.39, 0.29) is 18.3 Å². The average Bonchev–Trinajstić information content (AvgIpc) is 2.64.